The highest BCUT2D eigenvalue weighted by Crippen LogP contribution is 2.18. The van der Waals surface area contributed by atoms with Crippen molar-refractivity contribution in [2.45, 2.75) is 12.8 Å². The van der Waals surface area contributed by atoms with Gasteiger partial charge in [-0.1, -0.05) is 6.08 Å². The predicted molar refractivity (Wildman–Crippen MR) is 66.1 cm³/mol. The van der Waals surface area contributed by atoms with E-state index in [-0.39, 0.29) is 5.91 Å². The van der Waals surface area contributed by atoms with Gasteiger partial charge in [-0.2, -0.15) is 0 Å². The molecule has 2 rings (SSSR count). The molecule has 0 atom stereocenters. The lowest BCUT2D eigenvalue weighted by Crippen LogP contribution is -2.24. The molecule has 17 heavy (non-hydrogen) atoms. The first-order valence-corrected chi connectivity index (χ1v) is 6.26. The van der Waals surface area contributed by atoms with Gasteiger partial charge in [-0.15, -0.1) is 11.3 Å². The Balaban J connectivity index is 1.91. The zero-order valence-electron chi connectivity index (χ0n) is 9.26. The maximum atomic E-state index is 11.3. The molecule has 0 bridgehead atoms. The number of hydrogen-bond donors (Lipinski definition) is 1. The van der Waals surface area contributed by atoms with Crippen molar-refractivity contribution in [3.63, 3.8) is 0 Å². The zero-order chi connectivity index (χ0) is 12.3. The molecule has 1 aromatic heterocycles. The molecule has 0 aliphatic carbocycles. The van der Waals surface area contributed by atoms with Crippen molar-refractivity contribution in [2.24, 2.45) is 0 Å². The number of carboxylic acid groups (broad SMARTS) is 1. The van der Waals surface area contributed by atoms with Crippen LogP contribution in [0.25, 0.3) is 6.08 Å². The molecule has 1 fully saturated rings. The lowest BCUT2D eigenvalue weighted by atomic mass is 10.4. The second-order valence-corrected chi connectivity index (χ2v) is 4.97. The Labute approximate surface area is 103 Å². The number of aromatic carboxylic acids is 1. The van der Waals surface area contributed by atoms with Crippen molar-refractivity contribution in [2.75, 3.05) is 13.1 Å². The normalized spacial score (nSPS) is 16.0. The average molecular weight is 251 g/mol. The first-order chi connectivity index (χ1) is 8.16. The van der Waals surface area contributed by atoms with Gasteiger partial charge >= 0.3 is 5.97 Å². The Morgan fingerprint density at radius 1 is 1.53 bits per heavy atom. The molecule has 5 heteroatoms. The molecule has 90 valence electrons. The number of carbonyl (C=O) groups excluding carboxylic acids is 1. The topological polar surface area (TPSA) is 57.6 Å². The van der Waals surface area contributed by atoms with E-state index in [0.29, 0.717) is 17.8 Å². The largest absolute Gasteiger partial charge is 0.477 e. The summed E-state index contributed by atoms with van der Waals surface area (Å²) in [4.78, 5) is 25.0. The fourth-order valence-electron chi connectivity index (χ4n) is 1.75. The summed E-state index contributed by atoms with van der Waals surface area (Å²) in [6.07, 6.45) is 5.36. The highest BCUT2D eigenvalue weighted by Gasteiger charge is 2.18. The number of nitrogens with zero attached hydrogens (tertiary/aromatic N) is 1. The molecule has 1 aliphatic rings. The van der Waals surface area contributed by atoms with E-state index in [0.717, 1.165) is 17.8 Å². The van der Waals surface area contributed by atoms with Gasteiger partial charge in [0, 0.05) is 24.4 Å². The quantitative estimate of drug-likeness (QED) is 0.891. The van der Waals surface area contributed by atoms with Crippen LogP contribution in [0, 0.1) is 0 Å². The maximum Gasteiger partial charge on any atom is 0.345 e. The van der Waals surface area contributed by atoms with Crippen LogP contribution in [-0.2, 0) is 4.79 Å². The van der Waals surface area contributed by atoms with Crippen molar-refractivity contribution in [1.82, 2.24) is 4.90 Å². The minimum Gasteiger partial charge on any atom is -0.477 e. The molecule has 0 spiro atoms. The van der Waals surface area contributed by atoms with Crippen molar-refractivity contribution < 1.29 is 14.7 Å². The van der Waals surface area contributed by atoms with Gasteiger partial charge in [0.25, 0.3) is 0 Å². The van der Waals surface area contributed by atoms with Crippen LogP contribution in [0.4, 0.5) is 0 Å². The maximum absolute atomic E-state index is 11.3. The first kappa shape index (κ1) is 11.9. The molecule has 1 saturated heterocycles. The monoisotopic (exact) mass is 251 g/mol. The number of rotatable bonds is 4. The van der Waals surface area contributed by atoms with Gasteiger partial charge in [-0.05, 0) is 24.6 Å². The van der Waals surface area contributed by atoms with Gasteiger partial charge in [0.05, 0.1) is 0 Å². The summed E-state index contributed by atoms with van der Waals surface area (Å²) < 4.78 is 0. The first-order valence-electron chi connectivity index (χ1n) is 5.44. The van der Waals surface area contributed by atoms with E-state index in [9.17, 15) is 9.59 Å². The molecule has 1 aromatic rings. The van der Waals surface area contributed by atoms with Crippen LogP contribution < -0.4 is 0 Å². The smallest absolute Gasteiger partial charge is 0.345 e. The van der Waals surface area contributed by atoms with Crippen LogP contribution in [0.5, 0.6) is 0 Å². The summed E-state index contributed by atoms with van der Waals surface area (Å²) in [6.45, 7) is 1.44. The molecule has 1 N–H and O–H groups in total. The third-order valence-corrected chi connectivity index (χ3v) is 3.66. The number of carboxylic acids is 1. The van der Waals surface area contributed by atoms with Crippen molar-refractivity contribution in [1.29, 1.82) is 0 Å². The Morgan fingerprint density at radius 2 is 2.35 bits per heavy atom. The number of thiophene rings is 1. The van der Waals surface area contributed by atoms with Gasteiger partial charge in [0.2, 0.25) is 5.91 Å². The number of likely N-dealkylation sites (tertiary alicyclic amines) is 1. The summed E-state index contributed by atoms with van der Waals surface area (Å²) in [5.74, 6) is -0.698. The summed E-state index contributed by atoms with van der Waals surface area (Å²) in [5.41, 5.74) is 0. The fourth-order valence-corrected chi connectivity index (χ4v) is 2.53. The molecule has 0 radical (unpaired) electrons. The van der Waals surface area contributed by atoms with Gasteiger partial charge in [-0.25, -0.2) is 4.79 Å². The van der Waals surface area contributed by atoms with Crippen molar-refractivity contribution >= 4 is 29.3 Å². The zero-order valence-corrected chi connectivity index (χ0v) is 10.1. The molecule has 4 nitrogen and oxygen atoms in total. The molecule has 1 amide bonds. The van der Waals surface area contributed by atoms with E-state index in [2.05, 4.69) is 0 Å². The van der Waals surface area contributed by atoms with Crippen LogP contribution in [0.3, 0.4) is 0 Å². The minimum absolute atomic E-state index is 0.201. The molecule has 0 aromatic carbocycles. The van der Waals surface area contributed by atoms with Gasteiger partial charge in [0.1, 0.15) is 4.88 Å². The van der Waals surface area contributed by atoms with Crippen LogP contribution >= 0.6 is 11.3 Å². The highest BCUT2D eigenvalue weighted by molar-refractivity contribution is 7.14. The molecular formula is C12H13NO3S. The summed E-state index contributed by atoms with van der Waals surface area (Å²) in [7, 11) is 0. The second-order valence-electron chi connectivity index (χ2n) is 3.85. The molecule has 0 unspecified atom stereocenters. The number of hydrogen-bond acceptors (Lipinski definition) is 3. The molecule has 1 aliphatic heterocycles. The average Bonchev–Trinajstić information content (AvgIpc) is 2.89. The SMILES string of the molecule is O=C(O)c1ccc(/C=C\CN2CCCC2=O)s1. The van der Waals surface area contributed by atoms with Gasteiger partial charge in [0.15, 0.2) is 0 Å². The van der Waals surface area contributed by atoms with E-state index in [1.54, 1.807) is 12.1 Å². The molecule has 2 heterocycles. The number of carbonyl (C=O) groups is 2. The van der Waals surface area contributed by atoms with Crippen LogP contribution in [-0.4, -0.2) is 35.0 Å². The Bertz CT molecular complexity index is 464. The van der Waals surface area contributed by atoms with E-state index in [4.69, 9.17) is 5.11 Å². The third kappa shape index (κ3) is 2.94. The van der Waals surface area contributed by atoms with Crippen LogP contribution in [0.2, 0.25) is 0 Å². The lowest BCUT2D eigenvalue weighted by Gasteiger charge is -2.11. The Morgan fingerprint density at radius 3 is 2.94 bits per heavy atom. The Hall–Kier alpha value is -1.62. The highest BCUT2D eigenvalue weighted by atomic mass is 32.1. The Kier molecular flexibility index (Phi) is 3.58. The van der Waals surface area contributed by atoms with Crippen LogP contribution in [0.15, 0.2) is 18.2 Å². The second kappa shape index (κ2) is 5.14. The predicted octanol–water partition coefficient (Wildman–Crippen LogP) is 2.08. The summed E-state index contributed by atoms with van der Waals surface area (Å²) in [5, 5.41) is 8.76. The van der Waals surface area contributed by atoms with E-state index >= 15 is 0 Å². The van der Waals surface area contributed by atoms with E-state index in [1.807, 2.05) is 17.1 Å². The molecule has 0 saturated carbocycles. The summed E-state index contributed by atoms with van der Waals surface area (Å²) >= 11 is 1.23. The number of amides is 1. The lowest BCUT2D eigenvalue weighted by molar-refractivity contribution is -0.127. The van der Waals surface area contributed by atoms with Gasteiger partial charge < -0.3 is 10.0 Å². The van der Waals surface area contributed by atoms with Crippen molar-refractivity contribution in [3.05, 3.63) is 28.0 Å². The standard InChI is InChI=1S/C12H13NO3S/c14-11-4-2-8-13(11)7-1-3-9-5-6-10(17-9)12(15)16/h1,3,5-6H,2,4,7-8H2,(H,15,16)/b3-1-. The minimum atomic E-state index is -0.899. The molecular weight excluding hydrogens is 238 g/mol. The van der Waals surface area contributed by atoms with Crippen LogP contribution in [0.1, 0.15) is 27.4 Å². The van der Waals surface area contributed by atoms with Crippen molar-refractivity contribution in [3.8, 4) is 0 Å². The van der Waals surface area contributed by atoms with E-state index < -0.39 is 5.97 Å². The van der Waals surface area contributed by atoms with Gasteiger partial charge in [-0.3, -0.25) is 4.79 Å². The van der Waals surface area contributed by atoms with E-state index in [1.165, 1.54) is 11.3 Å². The third-order valence-electron chi connectivity index (χ3n) is 2.62. The summed E-state index contributed by atoms with van der Waals surface area (Å²) in [6, 6.07) is 3.37. The fraction of sp³-hybridized carbons (Fsp3) is 0.333.